The maximum atomic E-state index is 12.3. The van der Waals surface area contributed by atoms with Crippen LogP contribution in [-0.4, -0.2) is 11.6 Å². The molecule has 0 bridgehead atoms. The molecule has 0 spiro atoms. The Morgan fingerprint density at radius 2 is 2.12 bits per heavy atom. The number of allylic oxidation sites excluding steroid dienone is 1. The van der Waals surface area contributed by atoms with Crippen molar-refractivity contribution in [2.75, 3.05) is 0 Å². The Hall–Kier alpha value is -1.70. The molecule has 0 aliphatic heterocycles. The van der Waals surface area contributed by atoms with Crippen LogP contribution in [0.25, 0.3) is 6.08 Å². The molecule has 0 heterocycles. The third-order valence-corrected chi connectivity index (χ3v) is 3.11. The first kappa shape index (κ1) is 11.8. The highest BCUT2D eigenvalue weighted by Gasteiger charge is 2.23. The van der Waals surface area contributed by atoms with Crippen molar-refractivity contribution in [3.8, 4) is 0 Å². The fourth-order valence-electron chi connectivity index (χ4n) is 2.27. The molecule has 1 aliphatic rings. The number of Topliss-reactive ketones (excluding diaryl/α,β-unsaturated/α-hetero) is 2. The fourth-order valence-corrected chi connectivity index (χ4v) is 2.27. The zero-order valence-corrected chi connectivity index (χ0v) is 9.98. The smallest absolute Gasteiger partial charge is 0.166 e. The molecule has 0 aromatic heterocycles. The number of benzene rings is 1. The first-order valence-corrected chi connectivity index (χ1v) is 5.97. The van der Waals surface area contributed by atoms with Gasteiger partial charge in [0.2, 0.25) is 0 Å². The minimum atomic E-state index is -0.154. The van der Waals surface area contributed by atoms with Crippen LogP contribution in [0.2, 0.25) is 0 Å². The zero-order chi connectivity index (χ0) is 12.3. The molecule has 0 radical (unpaired) electrons. The number of ketones is 2. The molecule has 2 heteroatoms. The van der Waals surface area contributed by atoms with E-state index >= 15 is 0 Å². The van der Waals surface area contributed by atoms with Crippen LogP contribution in [0.1, 0.15) is 42.1 Å². The second kappa shape index (κ2) is 5.09. The summed E-state index contributed by atoms with van der Waals surface area (Å²) in [5.41, 5.74) is 1.71. The lowest BCUT2D eigenvalue weighted by molar-refractivity contribution is -0.117. The van der Waals surface area contributed by atoms with Crippen LogP contribution in [0.3, 0.4) is 0 Å². The van der Waals surface area contributed by atoms with E-state index in [0.717, 1.165) is 24.0 Å². The Kier molecular flexibility index (Phi) is 3.52. The molecular formula is C15H16O2. The molecule has 17 heavy (non-hydrogen) atoms. The van der Waals surface area contributed by atoms with Crippen LogP contribution in [0, 0.1) is 5.92 Å². The summed E-state index contributed by atoms with van der Waals surface area (Å²) in [5.74, 6) is 0.0455. The molecule has 0 N–H and O–H groups in total. The van der Waals surface area contributed by atoms with Crippen LogP contribution >= 0.6 is 0 Å². The van der Waals surface area contributed by atoms with Crippen molar-refractivity contribution in [3.63, 3.8) is 0 Å². The Morgan fingerprint density at radius 3 is 2.88 bits per heavy atom. The fraction of sp³-hybridized carbons (Fsp3) is 0.333. The molecule has 1 aliphatic carbocycles. The van der Waals surface area contributed by atoms with E-state index in [1.807, 2.05) is 30.3 Å². The summed E-state index contributed by atoms with van der Waals surface area (Å²) in [6.45, 7) is 1.55. The largest absolute Gasteiger partial charge is 0.300 e. The molecule has 0 saturated carbocycles. The highest BCUT2D eigenvalue weighted by molar-refractivity contribution is 6.02. The van der Waals surface area contributed by atoms with Crippen LogP contribution in [-0.2, 0) is 4.79 Å². The number of fused-ring (bicyclic) bond motifs is 1. The molecule has 2 rings (SSSR count). The molecule has 88 valence electrons. The third-order valence-electron chi connectivity index (χ3n) is 3.11. The van der Waals surface area contributed by atoms with Crippen molar-refractivity contribution in [2.45, 2.75) is 26.2 Å². The van der Waals surface area contributed by atoms with Crippen molar-refractivity contribution >= 4 is 17.6 Å². The zero-order valence-electron chi connectivity index (χ0n) is 9.98. The van der Waals surface area contributed by atoms with Crippen molar-refractivity contribution in [1.29, 1.82) is 0 Å². The molecular weight excluding hydrogens is 212 g/mol. The lowest BCUT2D eigenvalue weighted by Crippen LogP contribution is -2.19. The van der Waals surface area contributed by atoms with Gasteiger partial charge in [-0.05, 0) is 25.3 Å². The maximum Gasteiger partial charge on any atom is 0.166 e. The van der Waals surface area contributed by atoms with Crippen molar-refractivity contribution in [3.05, 3.63) is 41.5 Å². The minimum absolute atomic E-state index is 0.0883. The minimum Gasteiger partial charge on any atom is -0.300 e. The molecule has 2 nitrogen and oxygen atoms in total. The predicted molar refractivity (Wildman–Crippen MR) is 67.8 cm³/mol. The number of hydrogen-bond donors (Lipinski definition) is 0. The van der Waals surface area contributed by atoms with E-state index < -0.39 is 0 Å². The maximum absolute atomic E-state index is 12.3. The molecule has 1 atom stereocenters. The summed E-state index contributed by atoms with van der Waals surface area (Å²) < 4.78 is 0. The van der Waals surface area contributed by atoms with E-state index in [1.165, 1.54) is 0 Å². The van der Waals surface area contributed by atoms with Gasteiger partial charge in [0.15, 0.2) is 5.78 Å². The highest BCUT2D eigenvalue weighted by Crippen LogP contribution is 2.24. The number of carbonyl (C=O) groups excluding carboxylic acids is 2. The van der Waals surface area contributed by atoms with Gasteiger partial charge in [-0.3, -0.25) is 4.79 Å². The van der Waals surface area contributed by atoms with Crippen molar-refractivity contribution in [2.24, 2.45) is 5.92 Å². The van der Waals surface area contributed by atoms with E-state index in [9.17, 15) is 9.59 Å². The predicted octanol–water partition coefficient (Wildman–Crippen LogP) is 3.27. The summed E-state index contributed by atoms with van der Waals surface area (Å²) in [6, 6.07) is 7.59. The van der Waals surface area contributed by atoms with Crippen LogP contribution in [0.15, 0.2) is 30.3 Å². The van der Waals surface area contributed by atoms with Gasteiger partial charge in [0.05, 0.1) is 0 Å². The quantitative estimate of drug-likeness (QED) is 0.778. The summed E-state index contributed by atoms with van der Waals surface area (Å²) in [6.07, 6.45) is 6.07. The van der Waals surface area contributed by atoms with Gasteiger partial charge in [-0.2, -0.15) is 0 Å². The van der Waals surface area contributed by atoms with E-state index in [2.05, 4.69) is 6.08 Å². The third kappa shape index (κ3) is 2.70. The standard InChI is InChI=1S/C15H16O2/c1-11(16)10-13-8-3-2-6-12-7-4-5-9-14(12)15(13)17/h2,4-7,9,13H,3,8,10H2,1H3/b6-2-. The summed E-state index contributed by atoms with van der Waals surface area (Å²) in [5, 5.41) is 0. The van der Waals surface area contributed by atoms with Gasteiger partial charge < -0.3 is 4.79 Å². The molecule has 1 aromatic rings. The van der Waals surface area contributed by atoms with Crippen LogP contribution < -0.4 is 0 Å². The Morgan fingerprint density at radius 1 is 1.35 bits per heavy atom. The lowest BCUT2D eigenvalue weighted by atomic mass is 9.85. The Bertz CT molecular complexity index is 472. The average Bonchev–Trinajstić information content (AvgIpc) is 2.30. The van der Waals surface area contributed by atoms with Gasteiger partial charge in [-0.1, -0.05) is 36.4 Å². The SMILES string of the molecule is CC(=O)CC1CC/C=C\c2ccccc2C1=O. The van der Waals surface area contributed by atoms with Gasteiger partial charge >= 0.3 is 0 Å². The van der Waals surface area contributed by atoms with Gasteiger partial charge in [0, 0.05) is 17.9 Å². The van der Waals surface area contributed by atoms with E-state index in [-0.39, 0.29) is 17.5 Å². The second-order valence-electron chi connectivity index (χ2n) is 4.53. The van der Waals surface area contributed by atoms with Gasteiger partial charge in [-0.25, -0.2) is 0 Å². The highest BCUT2D eigenvalue weighted by atomic mass is 16.1. The number of rotatable bonds is 2. The molecule has 0 amide bonds. The van der Waals surface area contributed by atoms with E-state index in [4.69, 9.17) is 0 Å². The van der Waals surface area contributed by atoms with Crippen molar-refractivity contribution in [1.82, 2.24) is 0 Å². The first-order chi connectivity index (χ1) is 8.18. The van der Waals surface area contributed by atoms with Crippen LogP contribution in [0.4, 0.5) is 0 Å². The Labute approximate surface area is 101 Å². The van der Waals surface area contributed by atoms with Gasteiger partial charge in [-0.15, -0.1) is 0 Å². The number of hydrogen-bond acceptors (Lipinski definition) is 2. The molecule has 0 saturated heterocycles. The van der Waals surface area contributed by atoms with Crippen LogP contribution in [0.5, 0.6) is 0 Å². The molecule has 1 aromatic carbocycles. The number of carbonyl (C=O) groups is 2. The molecule has 0 fully saturated rings. The average molecular weight is 228 g/mol. The van der Waals surface area contributed by atoms with E-state index in [1.54, 1.807) is 6.92 Å². The van der Waals surface area contributed by atoms with Gasteiger partial charge in [0.1, 0.15) is 5.78 Å². The topological polar surface area (TPSA) is 34.1 Å². The van der Waals surface area contributed by atoms with Crippen molar-refractivity contribution < 1.29 is 9.59 Å². The summed E-state index contributed by atoms with van der Waals surface area (Å²) in [7, 11) is 0. The summed E-state index contributed by atoms with van der Waals surface area (Å²) >= 11 is 0. The molecule has 1 unspecified atom stereocenters. The van der Waals surface area contributed by atoms with E-state index in [0.29, 0.717) is 6.42 Å². The summed E-state index contributed by atoms with van der Waals surface area (Å²) in [4.78, 5) is 23.5. The monoisotopic (exact) mass is 228 g/mol. The normalized spacial score (nSPS) is 21.2. The van der Waals surface area contributed by atoms with Gasteiger partial charge in [0.25, 0.3) is 0 Å². The second-order valence-corrected chi connectivity index (χ2v) is 4.53. The lowest BCUT2D eigenvalue weighted by Gasteiger charge is -2.17. The Balaban J connectivity index is 2.36. The first-order valence-electron chi connectivity index (χ1n) is 5.97.